The quantitative estimate of drug-likeness (QED) is 0.935. The number of carbonyl (C=O) groups excluding carboxylic acids is 1. The zero-order valence-corrected chi connectivity index (χ0v) is 11.0. The summed E-state index contributed by atoms with van der Waals surface area (Å²) < 4.78 is 12.9. The first kappa shape index (κ1) is 13.5. The van der Waals surface area contributed by atoms with Crippen LogP contribution in [0.5, 0.6) is 0 Å². The van der Waals surface area contributed by atoms with Gasteiger partial charge in [-0.3, -0.25) is 9.78 Å². The second kappa shape index (κ2) is 5.80. The van der Waals surface area contributed by atoms with Crippen LogP contribution < -0.4 is 5.32 Å². The Balaban J connectivity index is 2.13. The summed E-state index contributed by atoms with van der Waals surface area (Å²) in [5.74, 6) is -0.807. The molecule has 1 aromatic heterocycles. The topological polar surface area (TPSA) is 42.0 Å². The number of nitrogens with zero attached hydrogens (tertiary/aromatic N) is 1. The van der Waals surface area contributed by atoms with E-state index in [1.807, 2.05) is 19.1 Å². The third kappa shape index (κ3) is 3.29. The predicted octanol–water partition coefficient (Wildman–Crippen LogP) is 3.37. The average Bonchev–Trinajstić information content (AvgIpc) is 2.39. The molecule has 0 aliphatic carbocycles. The van der Waals surface area contributed by atoms with E-state index in [1.54, 1.807) is 12.4 Å². The molecule has 0 saturated heterocycles. The van der Waals surface area contributed by atoms with Gasteiger partial charge in [-0.25, -0.2) is 4.39 Å². The van der Waals surface area contributed by atoms with E-state index in [1.165, 1.54) is 12.1 Å². The van der Waals surface area contributed by atoms with Crippen molar-refractivity contribution in [1.82, 2.24) is 10.3 Å². The highest BCUT2D eigenvalue weighted by atomic mass is 35.5. The number of amides is 1. The van der Waals surface area contributed by atoms with Gasteiger partial charge in [-0.2, -0.15) is 0 Å². The molecule has 5 heteroatoms. The first-order chi connectivity index (χ1) is 9.08. The van der Waals surface area contributed by atoms with Crippen molar-refractivity contribution in [3.05, 3.63) is 64.7 Å². The molecule has 3 nitrogen and oxygen atoms in total. The number of pyridine rings is 1. The van der Waals surface area contributed by atoms with E-state index in [9.17, 15) is 9.18 Å². The number of benzene rings is 1. The van der Waals surface area contributed by atoms with Gasteiger partial charge in [-0.15, -0.1) is 0 Å². The second-order valence-corrected chi connectivity index (χ2v) is 4.51. The lowest BCUT2D eigenvalue weighted by Crippen LogP contribution is -2.26. The lowest BCUT2D eigenvalue weighted by Gasteiger charge is -2.14. The molecule has 0 bridgehead atoms. The summed E-state index contributed by atoms with van der Waals surface area (Å²) in [4.78, 5) is 15.9. The summed E-state index contributed by atoms with van der Waals surface area (Å²) in [7, 11) is 0. The molecule has 0 saturated carbocycles. The Morgan fingerprint density at radius 1 is 1.32 bits per heavy atom. The Morgan fingerprint density at radius 3 is 2.63 bits per heavy atom. The Morgan fingerprint density at radius 2 is 2.00 bits per heavy atom. The number of carbonyl (C=O) groups is 1. The highest BCUT2D eigenvalue weighted by Crippen LogP contribution is 2.18. The Kier molecular flexibility index (Phi) is 4.12. The van der Waals surface area contributed by atoms with E-state index in [4.69, 9.17) is 11.6 Å². The van der Waals surface area contributed by atoms with Gasteiger partial charge in [-0.1, -0.05) is 11.6 Å². The van der Waals surface area contributed by atoms with Gasteiger partial charge < -0.3 is 5.32 Å². The third-order valence-corrected chi connectivity index (χ3v) is 3.04. The van der Waals surface area contributed by atoms with Gasteiger partial charge in [0.05, 0.1) is 16.6 Å². The minimum Gasteiger partial charge on any atom is -0.345 e. The minimum absolute atomic E-state index is 0.0967. The minimum atomic E-state index is -0.469. The third-order valence-electron chi connectivity index (χ3n) is 2.73. The van der Waals surface area contributed by atoms with Gasteiger partial charge in [-0.05, 0) is 42.8 Å². The molecule has 0 radical (unpaired) electrons. The van der Waals surface area contributed by atoms with Crippen LogP contribution >= 0.6 is 11.6 Å². The number of halogens is 2. The monoisotopic (exact) mass is 278 g/mol. The van der Waals surface area contributed by atoms with E-state index < -0.39 is 5.82 Å². The largest absolute Gasteiger partial charge is 0.345 e. The zero-order valence-electron chi connectivity index (χ0n) is 10.2. The molecule has 2 rings (SSSR count). The van der Waals surface area contributed by atoms with E-state index in [0.29, 0.717) is 0 Å². The number of rotatable bonds is 3. The van der Waals surface area contributed by atoms with Crippen LogP contribution in [0.25, 0.3) is 0 Å². The molecule has 19 heavy (non-hydrogen) atoms. The fourth-order valence-electron chi connectivity index (χ4n) is 1.68. The highest BCUT2D eigenvalue weighted by Gasteiger charge is 2.14. The fraction of sp³-hybridized carbons (Fsp3) is 0.143. The maximum Gasteiger partial charge on any atom is 0.253 e. The van der Waals surface area contributed by atoms with Crippen LogP contribution in [0, 0.1) is 5.82 Å². The summed E-state index contributed by atoms with van der Waals surface area (Å²) in [6, 6.07) is 7.14. The van der Waals surface area contributed by atoms with Crippen LogP contribution in [0.3, 0.4) is 0 Å². The summed E-state index contributed by atoms with van der Waals surface area (Å²) in [5, 5.41) is 2.90. The van der Waals surface area contributed by atoms with Gasteiger partial charge in [0, 0.05) is 12.4 Å². The van der Waals surface area contributed by atoms with E-state index >= 15 is 0 Å². The van der Waals surface area contributed by atoms with E-state index in [2.05, 4.69) is 10.3 Å². The van der Waals surface area contributed by atoms with Gasteiger partial charge in [0.15, 0.2) is 0 Å². The summed E-state index contributed by atoms with van der Waals surface area (Å²) in [6.07, 6.45) is 3.31. The Labute approximate surface area is 115 Å². The number of hydrogen-bond acceptors (Lipinski definition) is 2. The smallest absolute Gasteiger partial charge is 0.253 e. The standard InChI is InChI=1S/C14H12ClFN2O/c1-9(10-4-6-17-7-5-10)18-14(19)12-3-2-11(16)8-13(12)15/h2-9H,1H3,(H,18,19)/t9-/m0/s1. The predicted molar refractivity (Wildman–Crippen MR) is 71.5 cm³/mol. The maximum absolute atomic E-state index is 12.9. The molecule has 1 N–H and O–H groups in total. The van der Waals surface area contributed by atoms with Crippen molar-refractivity contribution in [3.8, 4) is 0 Å². The van der Waals surface area contributed by atoms with Gasteiger partial charge >= 0.3 is 0 Å². The molecule has 1 heterocycles. The second-order valence-electron chi connectivity index (χ2n) is 4.10. The number of hydrogen-bond donors (Lipinski definition) is 1. The van der Waals surface area contributed by atoms with Gasteiger partial charge in [0.25, 0.3) is 5.91 Å². The van der Waals surface area contributed by atoms with Crippen molar-refractivity contribution in [2.45, 2.75) is 13.0 Å². The number of nitrogens with one attached hydrogen (secondary N) is 1. The van der Waals surface area contributed by atoms with Crippen molar-refractivity contribution in [1.29, 1.82) is 0 Å². The molecular weight excluding hydrogens is 267 g/mol. The Hall–Kier alpha value is -1.94. The molecule has 0 unspecified atom stereocenters. The lowest BCUT2D eigenvalue weighted by molar-refractivity contribution is 0.0940. The van der Waals surface area contributed by atoms with Crippen LogP contribution in [-0.4, -0.2) is 10.9 Å². The van der Waals surface area contributed by atoms with Crippen LogP contribution in [0.1, 0.15) is 28.9 Å². The van der Waals surface area contributed by atoms with Crippen molar-refractivity contribution >= 4 is 17.5 Å². The molecule has 1 atom stereocenters. The highest BCUT2D eigenvalue weighted by molar-refractivity contribution is 6.33. The Bertz CT molecular complexity index is 589. The maximum atomic E-state index is 12.9. The fourth-order valence-corrected chi connectivity index (χ4v) is 1.94. The molecule has 0 aliphatic rings. The van der Waals surface area contributed by atoms with Gasteiger partial charge in [0.2, 0.25) is 0 Å². The molecule has 0 aliphatic heterocycles. The summed E-state index contributed by atoms with van der Waals surface area (Å²) >= 11 is 5.84. The zero-order chi connectivity index (χ0) is 13.8. The molecule has 2 aromatic rings. The van der Waals surface area contributed by atoms with Crippen molar-refractivity contribution in [2.24, 2.45) is 0 Å². The summed E-state index contributed by atoms with van der Waals surface area (Å²) in [6.45, 7) is 1.85. The van der Waals surface area contributed by atoms with Crippen molar-refractivity contribution in [3.63, 3.8) is 0 Å². The molecule has 1 amide bonds. The van der Waals surface area contributed by atoms with E-state index in [-0.39, 0.29) is 22.5 Å². The van der Waals surface area contributed by atoms with Crippen LogP contribution in [0.15, 0.2) is 42.7 Å². The lowest BCUT2D eigenvalue weighted by atomic mass is 10.1. The summed E-state index contributed by atoms with van der Waals surface area (Å²) in [5.41, 5.74) is 1.19. The van der Waals surface area contributed by atoms with Crippen molar-refractivity contribution < 1.29 is 9.18 Å². The molecule has 98 valence electrons. The average molecular weight is 279 g/mol. The molecule has 0 spiro atoms. The molecule has 0 fully saturated rings. The van der Waals surface area contributed by atoms with Crippen LogP contribution in [0.4, 0.5) is 4.39 Å². The van der Waals surface area contributed by atoms with Crippen molar-refractivity contribution in [2.75, 3.05) is 0 Å². The normalized spacial score (nSPS) is 11.9. The first-order valence-electron chi connectivity index (χ1n) is 5.74. The van der Waals surface area contributed by atoms with E-state index in [0.717, 1.165) is 11.6 Å². The van der Waals surface area contributed by atoms with Crippen LogP contribution in [0.2, 0.25) is 5.02 Å². The number of aromatic nitrogens is 1. The van der Waals surface area contributed by atoms with Crippen LogP contribution in [-0.2, 0) is 0 Å². The van der Waals surface area contributed by atoms with Gasteiger partial charge in [0.1, 0.15) is 5.82 Å². The SMILES string of the molecule is C[C@H](NC(=O)c1ccc(F)cc1Cl)c1ccncc1. The molecule has 1 aromatic carbocycles. The molecular formula is C14H12ClFN2O. The first-order valence-corrected chi connectivity index (χ1v) is 6.11.